The van der Waals surface area contributed by atoms with Gasteiger partial charge in [0.15, 0.2) is 17.5 Å². The number of fused-ring (bicyclic) bond motifs is 7. The monoisotopic (exact) mass is 743 g/mol. The second-order valence-corrected chi connectivity index (χ2v) is 15.2. The molecule has 2 aliphatic carbocycles. The van der Waals surface area contributed by atoms with Gasteiger partial charge in [0.25, 0.3) is 0 Å². The fourth-order valence-electron chi connectivity index (χ4n) is 8.97. The average Bonchev–Trinajstić information content (AvgIpc) is 3.86. The second kappa shape index (κ2) is 13.0. The Labute approximate surface area is 334 Å². The first-order valence-electron chi connectivity index (χ1n) is 19.8. The number of rotatable bonds is 5. The van der Waals surface area contributed by atoms with Gasteiger partial charge >= 0.3 is 0 Å². The summed E-state index contributed by atoms with van der Waals surface area (Å²) >= 11 is 0. The van der Waals surface area contributed by atoms with Crippen LogP contribution in [0.3, 0.4) is 0 Å². The maximum absolute atomic E-state index is 6.56. The molecule has 3 heterocycles. The summed E-state index contributed by atoms with van der Waals surface area (Å²) in [6.07, 6.45) is 8.41. The Kier molecular flexibility index (Phi) is 7.33. The normalized spacial score (nSPS) is 14.3. The first-order chi connectivity index (χ1) is 28.7. The Morgan fingerprint density at radius 1 is 0.448 bits per heavy atom. The van der Waals surface area contributed by atoms with E-state index in [1.165, 1.54) is 27.7 Å². The predicted octanol–water partition coefficient (Wildman–Crippen LogP) is 13.8. The van der Waals surface area contributed by atoms with Crippen LogP contribution >= 0.6 is 0 Å². The van der Waals surface area contributed by atoms with Crippen LogP contribution in [0.2, 0.25) is 0 Å². The first kappa shape index (κ1) is 32.7. The van der Waals surface area contributed by atoms with Gasteiger partial charge in [0.05, 0.1) is 0 Å². The lowest BCUT2D eigenvalue weighted by Crippen LogP contribution is -2.08. The molecule has 0 spiro atoms. The molecule has 0 amide bonds. The van der Waals surface area contributed by atoms with Gasteiger partial charge in [0.1, 0.15) is 22.3 Å². The summed E-state index contributed by atoms with van der Waals surface area (Å²) in [6, 6.07) is 54.4. The Bertz CT molecular complexity index is 3390. The Balaban J connectivity index is 0.918. The second-order valence-electron chi connectivity index (χ2n) is 15.2. The maximum atomic E-state index is 6.56. The van der Waals surface area contributed by atoms with Crippen LogP contribution in [0.15, 0.2) is 172 Å². The van der Waals surface area contributed by atoms with Crippen molar-refractivity contribution in [2.24, 2.45) is 0 Å². The van der Waals surface area contributed by atoms with Crippen LogP contribution in [0.5, 0.6) is 0 Å². The zero-order chi connectivity index (χ0) is 38.2. The van der Waals surface area contributed by atoms with Gasteiger partial charge in [-0.15, -0.1) is 0 Å². The van der Waals surface area contributed by atoms with Gasteiger partial charge in [-0.05, 0) is 125 Å². The standard InChI is InChI=1S/C53H33N3O2/c1-2-11-33(12-3-1)51-54-52(56-53(55-51)39-25-27-47-45(30-39)43-15-6-7-18-46(43)57-47)38-23-21-34-28-36(22-20-35(34)29-38)42-17-9-19-48-50(42)44-26-24-37(31-49(44)58-48)41-16-8-13-32-10-4-5-14-40(32)41/h1-4,6-13,15-19,24-31H,20-23H2. The van der Waals surface area contributed by atoms with Crippen molar-refractivity contribution in [3.8, 4) is 33.9 Å². The van der Waals surface area contributed by atoms with Crippen LogP contribution in [0.1, 0.15) is 37.1 Å². The van der Waals surface area contributed by atoms with E-state index in [0.29, 0.717) is 11.6 Å². The van der Waals surface area contributed by atoms with E-state index in [1.807, 2.05) is 54.6 Å². The third-order valence-electron chi connectivity index (χ3n) is 11.8. The zero-order valence-corrected chi connectivity index (χ0v) is 31.4. The first-order valence-corrected chi connectivity index (χ1v) is 19.8. The summed E-state index contributed by atoms with van der Waals surface area (Å²) in [5.74, 6) is 2.06. The third kappa shape index (κ3) is 5.38. The molecule has 0 saturated heterocycles. The maximum Gasteiger partial charge on any atom is 0.164 e. The van der Waals surface area contributed by atoms with Gasteiger partial charge in [-0.25, -0.2) is 15.0 Å². The van der Waals surface area contributed by atoms with Crippen LogP contribution in [0, 0.1) is 12.1 Å². The molecule has 0 fully saturated rings. The lowest BCUT2D eigenvalue weighted by Gasteiger charge is -2.24. The molecule has 10 aromatic rings. The average molecular weight is 744 g/mol. The third-order valence-corrected chi connectivity index (χ3v) is 11.8. The van der Waals surface area contributed by atoms with E-state index >= 15 is 0 Å². The minimum absolute atomic E-state index is 0.657. The van der Waals surface area contributed by atoms with Crippen molar-refractivity contribution < 1.29 is 8.83 Å². The summed E-state index contributed by atoms with van der Waals surface area (Å²) < 4.78 is 12.7. The van der Waals surface area contributed by atoms with Gasteiger partial charge in [-0.3, -0.25) is 0 Å². The van der Waals surface area contributed by atoms with Crippen LogP contribution in [0.25, 0.3) is 99.7 Å². The zero-order valence-electron chi connectivity index (χ0n) is 31.4. The van der Waals surface area contributed by atoms with Crippen molar-refractivity contribution in [3.05, 3.63) is 186 Å². The lowest BCUT2D eigenvalue weighted by atomic mass is 9.81. The molecule has 0 atom stereocenters. The number of nitrogens with zero attached hydrogens (tertiary/aromatic N) is 3. The molecule has 0 radical (unpaired) electrons. The summed E-state index contributed by atoms with van der Waals surface area (Å²) in [6.45, 7) is 0. The van der Waals surface area contributed by atoms with Crippen molar-refractivity contribution in [1.82, 2.24) is 15.0 Å². The number of benzene rings is 6. The molecule has 0 unspecified atom stereocenters. The van der Waals surface area contributed by atoms with Crippen molar-refractivity contribution >= 4 is 65.8 Å². The smallest absolute Gasteiger partial charge is 0.164 e. The highest BCUT2D eigenvalue weighted by Gasteiger charge is 2.24. The SMILES string of the molecule is c1ccc2cccc(-c3ccc4c(c3)oc3cccc(C5=CC6=C(C=C(c7nc(-c8ccccc8)nc(-c8ccc9oc%10ccccc%10c9c8)n7)CC6)CC5)c34)c2c#1. The molecule has 0 bridgehead atoms. The summed E-state index contributed by atoms with van der Waals surface area (Å²) in [5, 5.41) is 6.66. The van der Waals surface area contributed by atoms with Gasteiger partial charge in [-0.2, -0.15) is 0 Å². The number of allylic oxidation sites excluding steroid dienone is 6. The van der Waals surface area contributed by atoms with Crippen LogP contribution in [-0.4, -0.2) is 15.0 Å². The van der Waals surface area contributed by atoms with Crippen LogP contribution in [-0.2, 0) is 0 Å². The van der Waals surface area contributed by atoms with Gasteiger partial charge in [-0.1, -0.05) is 109 Å². The molecule has 0 N–H and O–H groups in total. The molecule has 0 aliphatic heterocycles. The van der Waals surface area contributed by atoms with Crippen LogP contribution in [0.4, 0.5) is 0 Å². The van der Waals surface area contributed by atoms with Gasteiger partial charge in [0.2, 0.25) is 0 Å². The van der Waals surface area contributed by atoms with Crippen molar-refractivity contribution in [3.63, 3.8) is 0 Å². The number of furan rings is 2. The van der Waals surface area contributed by atoms with Gasteiger partial charge < -0.3 is 8.83 Å². The molecule has 5 heteroatoms. The van der Waals surface area contributed by atoms with Crippen LogP contribution < -0.4 is 0 Å². The topological polar surface area (TPSA) is 65.0 Å². The van der Waals surface area contributed by atoms with Crippen molar-refractivity contribution in [1.29, 1.82) is 0 Å². The quantitative estimate of drug-likeness (QED) is 0.176. The Hall–Kier alpha value is -7.55. The number of aromatic nitrogens is 3. The molecule has 2 aliphatic rings. The van der Waals surface area contributed by atoms with Crippen molar-refractivity contribution in [2.75, 3.05) is 0 Å². The molecule has 7 aromatic carbocycles. The molecular formula is C53H33N3O2. The molecule has 12 rings (SSSR count). The minimum Gasteiger partial charge on any atom is -0.456 e. The van der Waals surface area contributed by atoms with E-state index in [0.717, 1.165) is 109 Å². The number of hydrogen-bond acceptors (Lipinski definition) is 5. The van der Waals surface area contributed by atoms with E-state index < -0.39 is 0 Å². The summed E-state index contributed by atoms with van der Waals surface area (Å²) in [7, 11) is 0. The molecule has 3 aromatic heterocycles. The largest absolute Gasteiger partial charge is 0.456 e. The number of hydrogen-bond donors (Lipinski definition) is 0. The van der Waals surface area contributed by atoms with Gasteiger partial charge in [0, 0.05) is 38.1 Å². The van der Waals surface area contributed by atoms with Crippen molar-refractivity contribution in [2.45, 2.75) is 25.7 Å². The predicted molar refractivity (Wildman–Crippen MR) is 234 cm³/mol. The lowest BCUT2D eigenvalue weighted by molar-refractivity contribution is 0.668. The minimum atomic E-state index is 0.657. The Morgan fingerprint density at radius 2 is 1.16 bits per heavy atom. The molecular weight excluding hydrogens is 711 g/mol. The van der Waals surface area contributed by atoms with E-state index in [1.54, 1.807) is 0 Å². The van der Waals surface area contributed by atoms with E-state index in [9.17, 15) is 0 Å². The fourth-order valence-corrected chi connectivity index (χ4v) is 8.97. The molecule has 272 valence electrons. The molecule has 0 saturated carbocycles. The van der Waals surface area contributed by atoms with E-state index in [2.05, 4.69) is 109 Å². The molecule has 58 heavy (non-hydrogen) atoms. The Morgan fingerprint density at radius 3 is 2.07 bits per heavy atom. The van der Waals surface area contributed by atoms with E-state index in [4.69, 9.17) is 23.8 Å². The highest BCUT2D eigenvalue weighted by molar-refractivity contribution is 6.12. The highest BCUT2D eigenvalue weighted by atomic mass is 16.3. The molecule has 5 nitrogen and oxygen atoms in total. The number of para-hydroxylation sites is 1. The summed E-state index contributed by atoms with van der Waals surface area (Å²) in [4.78, 5) is 15.3. The fraction of sp³-hybridized carbons (Fsp3) is 0.0755. The summed E-state index contributed by atoms with van der Waals surface area (Å²) in [5.41, 5.74) is 14.1. The highest BCUT2D eigenvalue weighted by Crippen LogP contribution is 2.43. The van der Waals surface area contributed by atoms with E-state index in [-0.39, 0.29) is 0 Å².